The number of amides is 1. The van der Waals surface area contributed by atoms with E-state index in [4.69, 9.17) is 16.3 Å². The summed E-state index contributed by atoms with van der Waals surface area (Å²) >= 11 is 5.85. The van der Waals surface area contributed by atoms with Crippen LogP contribution in [0.3, 0.4) is 0 Å². The molecule has 3 rings (SSSR count). The van der Waals surface area contributed by atoms with E-state index in [1.807, 2.05) is 0 Å². The number of aromatic nitrogens is 1. The fourth-order valence-corrected chi connectivity index (χ4v) is 2.66. The molecular formula is C19H14ClF3N2O3. The first kappa shape index (κ1) is 19.8. The van der Waals surface area contributed by atoms with Gasteiger partial charge in [-0.15, -0.1) is 0 Å². The van der Waals surface area contributed by atoms with Crippen molar-refractivity contribution in [2.24, 2.45) is 0 Å². The van der Waals surface area contributed by atoms with Gasteiger partial charge in [-0.25, -0.2) is 4.79 Å². The van der Waals surface area contributed by atoms with Crippen molar-refractivity contribution < 1.29 is 27.5 Å². The van der Waals surface area contributed by atoms with Crippen molar-refractivity contribution in [1.82, 2.24) is 4.98 Å². The van der Waals surface area contributed by atoms with Gasteiger partial charge in [0.25, 0.3) is 5.91 Å². The third kappa shape index (κ3) is 4.28. The number of esters is 1. The highest BCUT2D eigenvalue weighted by molar-refractivity contribution is 6.33. The summed E-state index contributed by atoms with van der Waals surface area (Å²) in [5.74, 6) is -1.58. The maximum absolute atomic E-state index is 12.8. The Morgan fingerprint density at radius 2 is 1.86 bits per heavy atom. The third-order valence-corrected chi connectivity index (χ3v) is 4.28. The van der Waals surface area contributed by atoms with Crippen LogP contribution in [0.15, 0.2) is 48.5 Å². The van der Waals surface area contributed by atoms with Gasteiger partial charge in [-0.05, 0) is 37.3 Å². The highest BCUT2D eigenvalue weighted by atomic mass is 35.5. The molecule has 0 saturated carbocycles. The van der Waals surface area contributed by atoms with Crippen LogP contribution in [0.2, 0.25) is 5.02 Å². The summed E-state index contributed by atoms with van der Waals surface area (Å²) in [4.78, 5) is 27.3. The molecule has 1 atom stereocenters. The van der Waals surface area contributed by atoms with Crippen LogP contribution in [0, 0.1) is 0 Å². The van der Waals surface area contributed by atoms with Gasteiger partial charge in [0.05, 0.1) is 16.3 Å². The zero-order valence-electron chi connectivity index (χ0n) is 14.4. The predicted octanol–water partition coefficient (Wildman–Crippen LogP) is 5.02. The van der Waals surface area contributed by atoms with Crippen LogP contribution in [0.25, 0.3) is 10.9 Å². The number of para-hydroxylation sites is 1. The fraction of sp³-hybridized carbons (Fsp3) is 0.158. The molecule has 2 aromatic carbocycles. The number of alkyl halides is 3. The monoisotopic (exact) mass is 410 g/mol. The third-order valence-electron chi connectivity index (χ3n) is 3.95. The molecule has 0 aliphatic heterocycles. The number of anilines is 1. The zero-order valence-corrected chi connectivity index (χ0v) is 15.2. The molecule has 2 N–H and O–H groups in total. The fourth-order valence-electron chi connectivity index (χ4n) is 2.49. The van der Waals surface area contributed by atoms with E-state index >= 15 is 0 Å². The number of halogens is 4. The van der Waals surface area contributed by atoms with E-state index in [9.17, 15) is 22.8 Å². The average molecular weight is 411 g/mol. The number of benzene rings is 2. The van der Waals surface area contributed by atoms with Crippen LogP contribution in [-0.2, 0) is 15.7 Å². The second-order valence-corrected chi connectivity index (χ2v) is 6.41. The molecule has 3 aromatic rings. The van der Waals surface area contributed by atoms with Gasteiger partial charge in [0, 0.05) is 10.9 Å². The van der Waals surface area contributed by atoms with E-state index in [1.54, 1.807) is 30.3 Å². The maximum atomic E-state index is 12.8. The Morgan fingerprint density at radius 1 is 1.14 bits per heavy atom. The Morgan fingerprint density at radius 3 is 2.54 bits per heavy atom. The molecule has 1 heterocycles. The van der Waals surface area contributed by atoms with Crippen molar-refractivity contribution in [2.75, 3.05) is 5.32 Å². The van der Waals surface area contributed by atoms with Gasteiger partial charge in [0.2, 0.25) is 0 Å². The van der Waals surface area contributed by atoms with Crippen LogP contribution >= 0.6 is 11.6 Å². The minimum absolute atomic E-state index is 0.0736. The second kappa shape index (κ2) is 7.55. The molecule has 9 heteroatoms. The smallest absolute Gasteiger partial charge is 0.416 e. The van der Waals surface area contributed by atoms with E-state index in [0.717, 1.165) is 23.0 Å². The molecule has 0 bridgehead atoms. The molecule has 0 aliphatic carbocycles. The summed E-state index contributed by atoms with van der Waals surface area (Å²) in [5.41, 5.74) is -0.315. The number of carbonyl (C=O) groups excluding carboxylic acids is 2. The lowest BCUT2D eigenvalue weighted by Crippen LogP contribution is -2.30. The van der Waals surface area contributed by atoms with Crippen molar-refractivity contribution in [3.05, 3.63) is 64.8 Å². The summed E-state index contributed by atoms with van der Waals surface area (Å²) in [6.07, 6.45) is -5.85. The Kier molecular flexibility index (Phi) is 5.33. The highest BCUT2D eigenvalue weighted by Gasteiger charge is 2.31. The molecule has 146 valence electrons. The van der Waals surface area contributed by atoms with Gasteiger partial charge in [-0.2, -0.15) is 13.2 Å². The Balaban J connectivity index is 1.70. The first-order chi connectivity index (χ1) is 13.1. The number of hydrogen-bond donors (Lipinski definition) is 2. The van der Waals surface area contributed by atoms with Crippen molar-refractivity contribution in [3.63, 3.8) is 0 Å². The first-order valence-electron chi connectivity index (χ1n) is 8.11. The number of nitrogens with one attached hydrogen (secondary N) is 2. The number of rotatable bonds is 4. The molecule has 0 unspecified atom stereocenters. The number of H-pyrrole nitrogens is 1. The molecule has 1 aromatic heterocycles. The molecular weight excluding hydrogens is 397 g/mol. The summed E-state index contributed by atoms with van der Waals surface area (Å²) in [6.45, 7) is 1.30. The minimum Gasteiger partial charge on any atom is -0.448 e. The van der Waals surface area contributed by atoms with E-state index in [2.05, 4.69) is 10.3 Å². The van der Waals surface area contributed by atoms with E-state index in [-0.39, 0.29) is 16.4 Å². The largest absolute Gasteiger partial charge is 0.448 e. The molecule has 5 nitrogen and oxygen atoms in total. The second-order valence-electron chi connectivity index (χ2n) is 6.00. The predicted molar refractivity (Wildman–Crippen MR) is 98.3 cm³/mol. The SMILES string of the molecule is C[C@@H](OC(=O)c1cc2ccccc2[nH]1)C(=O)Nc1cc(C(F)(F)F)ccc1Cl. The molecule has 1 amide bonds. The van der Waals surface area contributed by atoms with Crippen molar-refractivity contribution in [1.29, 1.82) is 0 Å². The van der Waals surface area contributed by atoms with Crippen LogP contribution in [0.5, 0.6) is 0 Å². The van der Waals surface area contributed by atoms with Crippen molar-refractivity contribution in [2.45, 2.75) is 19.2 Å². The molecule has 0 fully saturated rings. The average Bonchev–Trinajstić information content (AvgIpc) is 3.06. The number of carbonyl (C=O) groups is 2. The summed E-state index contributed by atoms with van der Waals surface area (Å²) in [6, 6.07) is 11.3. The van der Waals surface area contributed by atoms with E-state index in [1.165, 1.54) is 6.92 Å². The summed E-state index contributed by atoms with van der Waals surface area (Å²) < 4.78 is 43.5. The van der Waals surface area contributed by atoms with Gasteiger partial charge in [0.15, 0.2) is 6.10 Å². The quantitative estimate of drug-likeness (QED) is 0.593. The van der Waals surface area contributed by atoms with E-state index < -0.39 is 29.7 Å². The number of fused-ring (bicyclic) bond motifs is 1. The number of ether oxygens (including phenoxy) is 1. The van der Waals surface area contributed by atoms with Gasteiger partial charge in [-0.1, -0.05) is 29.8 Å². The molecule has 0 radical (unpaired) electrons. The maximum Gasteiger partial charge on any atom is 0.416 e. The minimum atomic E-state index is -4.59. The highest BCUT2D eigenvalue weighted by Crippen LogP contribution is 2.33. The normalized spacial score (nSPS) is 12.6. The molecule has 28 heavy (non-hydrogen) atoms. The Labute approximate surface area is 162 Å². The van der Waals surface area contributed by atoms with Crippen LogP contribution in [0.4, 0.5) is 18.9 Å². The Bertz CT molecular complexity index is 1010. The standard InChI is InChI=1S/C19H14ClF3N2O3/c1-10(28-18(27)16-8-11-4-2-3-5-14(11)24-16)17(26)25-15-9-12(19(21,22)23)6-7-13(15)20/h2-10,24H,1H3,(H,25,26)/t10-/m1/s1. The number of hydrogen-bond acceptors (Lipinski definition) is 3. The summed E-state index contributed by atoms with van der Waals surface area (Å²) in [7, 11) is 0. The molecule has 0 spiro atoms. The molecule has 0 saturated heterocycles. The van der Waals surface area contributed by atoms with Crippen LogP contribution in [0.1, 0.15) is 23.0 Å². The lowest BCUT2D eigenvalue weighted by atomic mass is 10.2. The van der Waals surface area contributed by atoms with E-state index in [0.29, 0.717) is 6.07 Å². The van der Waals surface area contributed by atoms with Crippen molar-refractivity contribution in [3.8, 4) is 0 Å². The van der Waals surface area contributed by atoms with Gasteiger partial charge in [0.1, 0.15) is 5.69 Å². The van der Waals surface area contributed by atoms with Crippen molar-refractivity contribution >= 4 is 40.1 Å². The number of aromatic amines is 1. The topological polar surface area (TPSA) is 71.2 Å². The molecule has 0 aliphatic rings. The lowest BCUT2D eigenvalue weighted by molar-refractivity contribution is -0.137. The Hall–Kier alpha value is -3.00. The first-order valence-corrected chi connectivity index (χ1v) is 8.49. The van der Waals surface area contributed by atoms with Crippen LogP contribution in [-0.4, -0.2) is 23.0 Å². The van der Waals surface area contributed by atoms with Gasteiger partial charge >= 0.3 is 12.1 Å². The van der Waals surface area contributed by atoms with Gasteiger partial charge < -0.3 is 15.0 Å². The van der Waals surface area contributed by atoms with Gasteiger partial charge in [-0.3, -0.25) is 4.79 Å². The van der Waals surface area contributed by atoms with Crippen LogP contribution < -0.4 is 5.32 Å². The lowest BCUT2D eigenvalue weighted by Gasteiger charge is -2.15. The zero-order chi connectivity index (χ0) is 20.5. The summed E-state index contributed by atoms with van der Waals surface area (Å²) in [5, 5.41) is 2.97.